The van der Waals surface area contributed by atoms with Crippen molar-refractivity contribution < 1.29 is 9.90 Å². The third-order valence-corrected chi connectivity index (χ3v) is 2.24. The van der Waals surface area contributed by atoms with Crippen LogP contribution in [0, 0.1) is 0 Å². The highest BCUT2D eigenvalue weighted by atomic mass is 16.3. The summed E-state index contributed by atoms with van der Waals surface area (Å²) in [4.78, 5) is 15.2. The summed E-state index contributed by atoms with van der Waals surface area (Å²) in [5.41, 5.74) is 0. The quantitative estimate of drug-likeness (QED) is 0.667. The van der Waals surface area contributed by atoms with Gasteiger partial charge in [-0.1, -0.05) is 6.92 Å². The Morgan fingerprint density at radius 2 is 1.93 bits per heavy atom. The van der Waals surface area contributed by atoms with Crippen molar-refractivity contribution in [1.82, 2.24) is 9.80 Å². The zero-order valence-corrected chi connectivity index (χ0v) is 9.66. The van der Waals surface area contributed by atoms with Crippen LogP contribution >= 0.6 is 0 Å². The van der Waals surface area contributed by atoms with Crippen molar-refractivity contribution >= 4 is 5.91 Å². The summed E-state index contributed by atoms with van der Waals surface area (Å²) in [5, 5.41) is 8.87. The summed E-state index contributed by atoms with van der Waals surface area (Å²) in [5.74, 6) is 0.0897. The predicted molar refractivity (Wildman–Crippen MR) is 57.1 cm³/mol. The Hall–Kier alpha value is -0.610. The first-order valence-corrected chi connectivity index (χ1v) is 5.10. The van der Waals surface area contributed by atoms with Gasteiger partial charge >= 0.3 is 0 Å². The van der Waals surface area contributed by atoms with Crippen LogP contribution in [-0.2, 0) is 4.79 Å². The maximum atomic E-state index is 11.6. The Balaban J connectivity index is 4.26. The standard InChI is InChI=1S/C10H22N2O2/c1-5-6-12(7-8-13)9(2)10(14)11(3)4/h9,13H,5-8H2,1-4H3. The normalized spacial score (nSPS) is 13.0. The van der Waals surface area contributed by atoms with E-state index < -0.39 is 0 Å². The molecule has 4 heteroatoms. The summed E-state index contributed by atoms with van der Waals surface area (Å²) in [6.07, 6.45) is 0.991. The second-order valence-electron chi connectivity index (χ2n) is 3.67. The van der Waals surface area contributed by atoms with E-state index in [1.54, 1.807) is 19.0 Å². The second kappa shape index (κ2) is 6.79. The zero-order valence-electron chi connectivity index (χ0n) is 9.66. The second-order valence-corrected chi connectivity index (χ2v) is 3.67. The third kappa shape index (κ3) is 4.07. The van der Waals surface area contributed by atoms with E-state index >= 15 is 0 Å². The summed E-state index contributed by atoms with van der Waals surface area (Å²) >= 11 is 0. The van der Waals surface area contributed by atoms with Crippen LogP contribution in [0.25, 0.3) is 0 Å². The summed E-state index contributed by atoms with van der Waals surface area (Å²) in [7, 11) is 3.50. The number of aliphatic hydroxyl groups is 1. The fourth-order valence-corrected chi connectivity index (χ4v) is 1.44. The minimum Gasteiger partial charge on any atom is -0.395 e. The molecule has 0 spiro atoms. The number of carbonyl (C=O) groups is 1. The predicted octanol–water partition coefficient (Wildman–Crippen LogP) is 0.167. The highest BCUT2D eigenvalue weighted by molar-refractivity contribution is 5.80. The molecule has 0 aliphatic heterocycles. The number of hydrogen-bond donors (Lipinski definition) is 1. The lowest BCUT2D eigenvalue weighted by Gasteiger charge is -2.28. The first-order chi connectivity index (χ1) is 6.54. The van der Waals surface area contributed by atoms with Crippen molar-refractivity contribution in [2.45, 2.75) is 26.3 Å². The maximum Gasteiger partial charge on any atom is 0.239 e. The maximum absolute atomic E-state index is 11.6. The van der Waals surface area contributed by atoms with E-state index in [2.05, 4.69) is 6.92 Å². The van der Waals surface area contributed by atoms with Crippen molar-refractivity contribution in [2.24, 2.45) is 0 Å². The van der Waals surface area contributed by atoms with Gasteiger partial charge in [0.05, 0.1) is 12.6 Å². The summed E-state index contributed by atoms with van der Waals surface area (Å²) in [6, 6.07) is -0.142. The van der Waals surface area contributed by atoms with Crippen molar-refractivity contribution in [3.8, 4) is 0 Å². The van der Waals surface area contributed by atoms with Gasteiger partial charge in [-0.05, 0) is 19.9 Å². The molecule has 4 nitrogen and oxygen atoms in total. The van der Waals surface area contributed by atoms with Gasteiger partial charge in [-0.25, -0.2) is 0 Å². The Morgan fingerprint density at radius 3 is 2.29 bits per heavy atom. The van der Waals surface area contributed by atoms with Crippen LogP contribution in [0.2, 0.25) is 0 Å². The van der Waals surface area contributed by atoms with E-state index in [1.165, 1.54) is 0 Å². The molecule has 0 saturated carbocycles. The molecule has 0 aliphatic carbocycles. The molecule has 0 aromatic heterocycles. The van der Waals surface area contributed by atoms with Crippen molar-refractivity contribution in [3.63, 3.8) is 0 Å². The molecular weight excluding hydrogens is 180 g/mol. The molecule has 0 fully saturated rings. The average molecular weight is 202 g/mol. The molecule has 0 rings (SSSR count). The lowest BCUT2D eigenvalue weighted by molar-refractivity contribution is -0.134. The number of likely N-dealkylation sites (N-methyl/N-ethyl adjacent to an activating group) is 1. The molecule has 1 amide bonds. The lowest BCUT2D eigenvalue weighted by atomic mass is 10.2. The number of nitrogens with zero attached hydrogens (tertiary/aromatic N) is 2. The van der Waals surface area contributed by atoms with Gasteiger partial charge in [0.2, 0.25) is 5.91 Å². The van der Waals surface area contributed by atoms with Gasteiger partial charge in [0, 0.05) is 20.6 Å². The number of amides is 1. The highest BCUT2D eigenvalue weighted by Gasteiger charge is 2.21. The van der Waals surface area contributed by atoms with E-state index in [-0.39, 0.29) is 18.6 Å². The SMILES string of the molecule is CCCN(CCO)C(C)C(=O)N(C)C. The Bertz CT molecular complexity index is 166. The van der Waals surface area contributed by atoms with Crippen molar-refractivity contribution in [3.05, 3.63) is 0 Å². The molecule has 0 radical (unpaired) electrons. The highest BCUT2D eigenvalue weighted by Crippen LogP contribution is 2.02. The molecule has 84 valence electrons. The molecule has 0 aliphatic rings. The average Bonchev–Trinajstić information content (AvgIpc) is 2.15. The van der Waals surface area contributed by atoms with Crippen LogP contribution in [0.5, 0.6) is 0 Å². The number of rotatable bonds is 6. The van der Waals surface area contributed by atoms with Gasteiger partial charge < -0.3 is 10.0 Å². The molecule has 0 aromatic carbocycles. The molecule has 1 atom stereocenters. The largest absolute Gasteiger partial charge is 0.395 e. The van der Waals surface area contributed by atoms with Crippen LogP contribution in [-0.4, -0.2) is 60.6 Å². The van der Waals surface area contributed by atoms with Crippen LogP contribution in [0.3, 0.4) is 0 Å². The number of hydrogen-bond acceptors (Lipinski definition) is 3. The van der Waals surface area contributed by atoms with Crippen molar-refractivity contribution in [2.75, 3.05) is 33.8 Å². The fraction of sp³-hybridized carbons (Fsp3) is 0.900. The minimum absolute atomic E-state index is 0.0897. The first kappa shape index (κ1) is 13.4. The molecule has 1 N–H and O–H groups in total. The minimum atomic E-state index is -0.142. The van der Waals surface area contributed by atoms with E-state index in [0.717, 1.165) is 13.0 Å². The zero-order chi connectivity index (χ0) is 11.1. The topological polar surface area (TPSA) is 43.8 Å². The molecule has 0 bridgehead atoms. The molecule has 14 heavy (non-hydrogen) atoms. The Morgan fingerprint density at radius 1 is 1.36 bits per heavy atom. The molecular formula is C10H22N2O2. The first-order valence-electron chi connectivity index (χ1n) is 5.10. The summed E-state index contributed by atoms with van der Waals surface area (Å²) in [6.45, 7) is 5.46. The summed E-state index contributed by atoms with van der Waals surface area (Å²) < 4.78 is 0. The third-order valence-electron chi connectivity index (χ3n) is 2.24. The van der Waals surface area contributed by atoms with E-state index in [4.69, 9.17) is 5.11 Å². The van der Waals surface area contributed by atoms with Crippen molar-refractivity contribution in [1.29, 1.82) is 0 Å². The molecule has 1 unspecified atom stereocenters. The van der Waals surface area contributed by atoms with Crippen LogP contribution < -0.4 is 0 Å². The van der Waals surface area contributed by atoms with Crippen LogP contribution in [0.1, 0.15) is 20.3 Å². The van der Waals surface area contributed by atoms with Crippen LogP contribution in [0.15, 0.2) is 0 Å². The van der Waals surface area contributed by atoms with Gasteiger partial charge in [-0.2, -0.15) is 0 Å². The van der Waals surface area contributed by atoms with Crippen LogP contribution in [0.4, 0.5) is 0 Å². The smallest absolute Gasteiger partial charge is 0.239 e. The van der Waals surface area contributed by atoms with Gasteiger partial charge in [0.15, 0.2) is 0 Å². The number of carbonyl (C=O) groups excluding carboxylic acids is 1. The monoisotopic (exact) mass is 202 g/mol. The molecule has 0 aromatic rings. The van der Waals surface area contributed by atoms with E-state index in [0.29, 0.717) is 6.54 Å². The lowest BCUT2D eigenvalue weighted by Crippen LogP contribution is -2.46. The molecule has 0 saturated heterocycles. The van der Waals surface area contributed by atoms with E-state index in [9.17, 15) is 4.79 Å². The Labute approximate surface area is 86.5 Å². The van der Waals surface area contributed by atoms with Gasteiger partial charge in [-0.15, -0.1) is 0 Å². The molecule has 0 heterocycles. The van der Waals surface area contributed by atoms with Gasteiger partial charge in [0.25, 0.3) is 0 Å². The van der Waals surface area contributed by atoms with Gasteiger partial charge in [0.1, 0.15) is 0 Å². The Kier molecular flexibility index (Phi) is 6.49. The fourth-order valence-electron chi connectivity index (χ4n) is 1.44. The number of aliphatic hydroxyl groups excluding tert-OH is 1. The van der Waals surface area contributed by atoms with Gasteiger partial charge in [-0.3, -0.25) is 9.69 Å². The van der Waals surface area contributed by atoms with E-state index in [1.807, 2.05) is 11.8 Å².